The summed E-state index contributed by atoms with van der Waals surface area (Å²) >= 11 is 0. The molecule has 3 aromatic rings. The van der Waals surface area contributed by atoms with Gasteiger partial charge in [-0.15, -0.1) is 0 Å². The van der Waals surface area contributed by atoms with Crippen LogP contribution in [0, 0.1) is 23.4 Å². The molecule has 1 aromatic heterocycles. The zero-order chi connectivity index (χ0) is 25.9. The fourth-order valence-electron chi connectivity index (χ4n) is 5.99. The number of aliphatic hydroxyl groups excluding tert-OH is 1. The summed E-state index contributed by atoms with van der Waals surface area (Å²) in [6.07, 6.45) is 8.37. The van der Waals surface area contributed by atoms with Gasteiger partial charge in [0.2, 0.25) is 5.91 Å². The van der Waals surface area contributed by atoms with Crippen LogP contribution in [0.3, 0.4) is 0 Å². The van der Waals surface area contributed by atoms with Crippen LogP contribution in [0.2, 0.25) is 0 Å². The monoisotopic (exact) mass is 511 g/mol. The summed E-state index contributed by atoms with van der Waals surface area (Å²) in [7, 11) is 0. The number of carbonyl (C=O) groups is 1. The average molecular weight is 512 g/mol. The van der Waals surface area contributed by atoms with Crippen molar-refractivity contribution in [2.45, 2.75) is 37.6 Å². The van der Waals surface area contributed by atoms with E-state index in [0.717, 1.165) is 50.9 Å². The number of amides is 1. The Hall–Kier alpha value is -3.10. The van der Waals surface area contributed by atoms with Crippen LogP contribution in [0.25, 0.3) is 17.0 Å². The van der Waals surface area contributed by atoms with Crippen LogP contribution < -0.4 is 0 Å². The van der Waals surface area contributed by atoms with Crippen molar-refractivity contribution in [3.63, 3.8) is 0 Å². The highest BCUT2D eigenvalue weighted by molar-refractivity contribution is 5.91. The lowest BCUT2D eigenvalue weighted by Crippen LogP contribution is -2.50. The molecule has 2 aliphatic rings. The van der Waals surface area contributed by atoms with Crippen molar-refractivity contribution < 1.29 is 23.1 Å². The maximum atomic E-state index is 13.4. The first-order valence-corrected chi connectivity index (χ1v) is 13.0. The SMILES string of the molecule is O=C(/C=C/c1cc(F)c(F)c(F)c1)N1CCC([C@@H](CO)N2CCC(c3c[nH]c4ccccc34)CC2)CC1. The molecule has 0 radical (unpaired) electrons. The first kappa shape index (κ1) is 25.5. The Balaban J connectivity index is 1.14. The normalized spacial score (nSPS) is 19.2. The van der Waals surface area contributed by atoms with Gasteiger partial charge in [0, 0.05) is 42.3 Å². The van der Waals surface area contributed by atoms with Gasteiger partial charge in [0.1, 0.15) is 0 Å². The minimum absolute atomic E-state index is 0.0712. The van der Waals surface area contributed by atoms with Crippen LogP contribution in [0.1, 0.15) is 42.7 Å². The van der Waals surface area contributed by atoms with Crippen molar-refractivity contribution in [3.05, 3.63) is 77.2 Å². The van der Waals surface area contributed by atoms with Gasteiger partial charge in [0.25, 0.3) is 0 Å². The number of nitrogens with zero attached hydrogens (tertiary/aromatic N) is 2. The van der Waals surface area contributed by atoms with E-state index in [-0.39, 0.29) is 24.1 Å². The Labute approximate surface area is 214 Å². The first-order valence-electron chi connectivity index (χ1n) is 13.0. The standard InChI is InChI=1S/C29H32F3N3O2/c30-24-15-19(16-25(31)29(24)32)5-6-28(37)35-13-9-21(10-14-35)27(18-36)34-11-7-20(8-12-34)23-17-33-26-4-2-1-3-22(23)26/h1-6,15-17,20-21,27,33,36H,7-14,18H2/b6-5+/t27-/m1/s1. The van der Waals surface area contributed by atoms with E-state index in [4.69, 9.17) is 0 Å². The summed E-state index contributed by atoms with van der Waals surface area (Å²) in [5, 5.41) is 11.5. The lowest BCUT2D eigenvalue weighted by Gasteiger charge is -2.43. The molecule has 8 heteroatoms. The van der Waals surface area contributed by atoms with Crippen LogP contribution in [-0.2, 0) is 4.79 Å². The highest BCUT2D eigenvalue weighted by Crippen LogP contribution is 2.35. The van der Waals surface area contributed by atoms with Gasteiger partial charge in [-0.2, -0.15) is 0 Å². The quantitative estimate of drug-likeness (QED) is 0.359. The molecule has 0 aliphatic carbocycles. The predicted molar refractivity (Wildman–Crippen MR) is 137 cm³/mol. The van der Waals surface area contributed by atoms with Gasteiger partial charge in [-0.05, 0) is 86.0 Å². The molecule has 3 heterocycles. The number of piperidine rings is 2. The van der Waals surface area contributed by atoms with E-state index in [2.05, 4.69) is 34.3 Å². The lowest BCUT2D eigenvalue weighted by atomic mass is 9.84. The number of likely N-dealkylation sites (tertiary alicyclic amines) is 2. The van der Waals surface area contributed by atoms with Crippen LogP contribution in [0.15, 0.2) is 48.7 Å². The summed E-state index contributed by atoms with van der Waals surface area (Å²) < 4.78 is 40.0. The largest absolute Gasteiger partial charge is 0.395 e. The van der Waals surface area contributed by atoms with Gasteiger partial charge in [-0.25, -0.2) is 13.2 Å². The lowest BCUT2D eigenvalue weighted by molar-refractivity contribution is -0.127. The Bertz CT molecular complexity index is 1250. The molecule has 2 N–H and O–H groups in total. The molecular weight excluding hydrogens is 479 g/mol. The third-order valence-electron chi connectivity index (χ3n) is 8.07. The molecule has 2 aromatic carbocycles. The number of fused-ring (bicyclic) bond motifs is 1. The fraction of sp³-hybridized carbons (Fsp3) is 0.414. The van der Waals surface area contributed by atoms with Crippen molar-refractivity contribution in [1.82, 2.24) is 14.8 Å². The third kappa shape index (κ3) is 5.45. The first-order chi connectivity index (χ1) is 17.9. The molecule has 0 spiro atoms. The van der Waals surface area contributed by atoms with E-state index >= 15 is 0 Å². The number of H-pyrrole nitrogens is 1. The summed E-state index contributed by atoms with van der Waals surface area (Å²) in [5.74, 6) is -3.54. The van der Waals surface area contributed by atoms with E-state index in [1.807, 2.05) is 6.07 Å². The maximum absolute atomic E-state index is 13.4. The molecule has 0 saturated carbocycles. The van der Waals surface area contributed by atoms with Crippen molar-refractivity contribution >= 4 is 22.9 Å². The minimum atomic E-state index is -1.52. The second kappa shape index (κ2) is 11.1. The van der Waals surface area contributed by atoms with E-state index in [1.54, 1.807) is 4.90 Å². The van der Waals surface area contributed by atoms with E-state index in [0.29, 0.717) is 24.9 Å². The highest BCUT2D eigenvalue weighted by atomic mass is 19.2. The molecule has 5 rings (SSSR count). The van der Waals surface area contributed by atoms with Crippen LogP contribution in [0.4, 0.5) is 13.2 Å². The number of hydrogen-bond acceptors (Lipinski definition) is 3. The molecule has 2 aliphatic heterocycles. The van der Waals surface area contributed by atoms with Gasteiger partial charge < -0.3 is 15.0 Å². The summed E-state index contributed by atoms with van der Waals surface area (Å²) in [6, 6.07) is 10.2. The van der Waals surface area contributed by atoms with Crippen LogP contribution in [0.5, 0.6) is 0 Å². The number of para-hydroxylation sites is 1. The highest BCUT2D eigenvalue weighted by Gasteiger charge is 2.33. The number of halogens is 3. The summed E-state index contributed by atoms with van der Waals surface area (Å²) in [5.41, 5.74) is 2.64. The van der Waals surface area contributed by atoms with Gasteiger partial charge in [0.05, 0.1) is 6.61 Å². The number of nitrogens with one attached hydrogen (secondary N) is 1. The van der Waals surface area contributed by atoms with Gasteiger partial charge in [-0.1, -0.05) is 18.2 Å². The molecule has 196 valence electrons. The van der Waals surface area contributed by atoms with Crippen LogP contribution >= 0.6 is 0 Å². The third-order valence-corrected chi connectivity index (χ3v) is 8.07. The maximum Gasteiger partial charge on any atom is 0.246 e. The summed E-state index contributed by atoms with van der Waals surface area (Å²) in [6.45, 7) is 3.08. The number of aliphatic hydroxyl groups is 1. The van der Waals surface area contributed by atoms with Gasteiger partial charge in [-0.3, -0.25) is 9.69 Å². The zero-order valence-corrected chi connectivity index (χ0v) is 20.7. The minimum Gasteiger partial charge on any atom is -0.395 e. The molecule has 5 nitrogen and oxygen atoms in total. The number of aromatic nitrogens is 1. The second-order valence-corrected chi connectivity index (χ2v) is 10.1. The van der Waals surface area contributed by atoms with Gasteiger partial charge >= 0.3 is 0 Å². The van der Waals surface area contributed by atoms with Crippen molar-refractivity contribution in [1.29, 1.82) is 0 Å². The average Bonchev–Trinajstić information content (AvgIpc) is 3.36. The number of rotatable bonds is 6. The van der Waals surface area contributed by atoms with Crippen molar-refractivity contribution in [2.75, 3.05) is 32.8 Å². The Morgan fingerprint density at radius 1 is 1.03 bits per heavy atom. The van der Waals surface area contributed by atoms with Crippen LogP contribution in [-0.4, -0.2) is 64.6 Å². The molecular formula is C29H32F3N3O2. The smallest absolute Gasteiger partial charge is 0.246 e. The molecule has 0 unspecified atom stereocenters. The molecule has 2 fully saturated rings. The number of aromatic amines is 1. The number of hydrogen-bond donors (Lipinski definition) is 2. The Morgan fingerprint density at radius 3 is 2.38 bits per heavy atom. The van der Waals surface area contributed by atoms with E-state index < -0.39 is 17.5 Å². The second-order valence-electron chi connectivity index (χ2n) is 10.1. The molecule has 2 saturated heterocycles. The van der Waals surface area contributed by atoms with Crippen molar-refractivity contribution in [3.8, 4) is 0 Å². The fourth-order valence-corrected chi connectivity index (χ4v) is 5.99. The molecule has 0 bridgehead atoms. The predicted octanol–water partition coefficient (Wildman–Crippen LogP) is 5.08. The molecule has 1 amide bonds. The Kier molecular flexibility index (Phi) is 7.67. The molecule has 1 atom stereocenters. The number of carbonyl (C=O) groups excluding carboxylic acids is 1. The summed E-state index contributed by atoms with van der Waals surface area (Å²) in [4.78, 5) is 20.1. The van der Waals surface area contributed by atoms with Crippen molar-refractivity contribution in [2.24, 2.45) is 5.92 Å². The van der Waals surface area contributed by atoms with Gasteiger partial charge in [0.15, 0.2) is 17.5 Å². The number of benzene rings is 2. The zero-order valence-electron chi connectivity index (χ0n) is 20.7. The van der Waals surface area contributed by atoms with E-state index in [1.165, 1.54) is 28.6 Å². The molecule has 37 heavy (non-hydrogen) atoms. The van der Waals surface area contributed by atoms with E-state index in [9.17, 15) is 23.1 Å². The Morgan fingerprint density at radius 2 is 1.70 bits per heavy atom. The topological polar surface area (TPSA) is 59.6 Å².